The Morgan fingerprint density at radius 3 is 2.38 bits per heavy atom. The molecule has 0 saturated carbocycles. The molecule has 2 aromatic rings. The number of nitrogens with zero attached hydrogens (tertiary/aromatic N) is 3. The monoisotopic (exact) mass is 328 g/mol. The first-order valence-corrected chi connectivity index (χ1v) is 8.00. The quantitative estimate of drug-likeness (QED) is 0.915. The lowest BCUT2D eigenvalue weighted by Crippen LogP contribution is -2.47. The van der Waals surface area contributed by atoms with Gasteiger partial charge in [-0.25, -0.2) is 4.68 Å². The number of hydrogen-bond acceptors (Lipinski definition) is 3. The van der Waals surface area contributed by atoms with Crippen LogP contribution < -0.4 is 5.32 Å². The van der Waals surface area contributed by atoms with Crippen molar-refractivity contribution in [1.82, 2.24) is 20.0 Å². The first kappa shape index (κ1) is 17.7. The number of carbonyl (C=O) groups excluding carboxylic acids is 2. The standard InChI is InChI=1S/C18H24N4O2/c1-5-21(13-16(23)20-18(2,3)4)17(24)14-7-9-15(10-8-14)22-12-6-11-19-22/h6-12H,5,13H2,1-4H3,(H,20,23). The summed E-state index contributed by atoms with van der Waals surface area (Å²) < 4.78 is 1.72. The van der Waals surface area contributed by atoms with Gasteiger partial charge in [-0.05, 0) is 58.0 Å². The highest BCUT2D eigenvalue weighted by Crippen LogP contribution is 2.11. The lowest BCUT2D eigenvalue weighted by atomic mass is 10.1. The maximum Gasteiger partial charge on any atom is 0.254 e. The number of benzene rings is 1. The van der Waals surface area contributed by atoms with Crippen LogP contribution in [-0.2, 0) is 4.79 Å². The summed E-state index contributed by atoms with van der Waals surface area (Å²) >= 11 is 0. The van der Waals surface area contributed by atoms with Gasteiger partial charge in [-0.15, -0.1) is 0 Å². The topological polar surface area (TPSA) is 67.2 Å². The van der Waals surface area contributed by atoms with Crippen LogP contribution in [0.3, 0.4) is 0 Å². The third kappa shape index (κ3) is 4.68. The normalized spacial score (nSPS) is 11.2. The fourth-order valence-corrected chi connectivity index (χ4v) is 2.32. The predicted molar refractivity (Wildman–Crippen MR) is 93.0 cm³/mol. The van der Waals surface area contributed by atoms with Crippen LogP contribution in [0.25, 0.3) is 5.69 Å². The summed E-state index contributed by atoms with van der Waals surface area (Å²) in [6.07, 6.45) is 3.54. The average Bonchev–Trinajstić information content (AvgIpc) is 3.05. The third-order valence-electron chi connectivity index (χ3n) is 3.40. The molecule has 0 aliphatic heterocycles. The molecular formula is C18H24N4O2. The van der Waals surface area contributed by atoms with Crippen molar-refractivity contribution in [3.8, 4) is 5.69 Å². The van der Waals surface area contributed by atoms with Gasteiger partial charge in [0.15, 0.2) is 0 Å². The van der Waals surface area contributed by atoms with E-state index < -0.39 is 0 Å². The average molecular weight is 328 g/mol. The Kier molecular flexibility index (Phi) is 5.39. The van der Waals surface area contributed by atoms with Crippen LogP contribution >= 0.6 is 0 Å². The fraction of sp³-hybridized carbons (Fsp3) is 0.389. The highest BCUT2D eigenvalue weighted by atomic mass is 16.2. The molecule has 1 aromatic heterocycles. The van der Waals surface area contributed by atoms with Crippen LogP contribution in [0.1, 0.15) is 38.1 Å². The molecule has 1 aromatic carbocycles. The van der Waals surface area contributed by atoms with Crippen LogP contribution in [0, 0.1) is 0 Å². The molecule has 0 saturated heterocycles. The summed E-state index contributed by atoms with van der Waals surface area (Å²) in [5, 5.41) is 7.03. The minimum atomic E-state index is -0.315. The molecule has 6 nitrogen and oxygen atoms in total. The first-order chi connectivity index (χ1) is 11.3. The molecule has 0 bridgehead atoms. The van der Waals surface area contributed by atoms with Gasteiger partial charge < -0.3 is 10.2 Å². The Hall–Kier alpha value is -2.63. The summed E-state index contributed by atoms with van der Waals surface area (Å²) in [5.41, 5.74) is 1.12. The Morgan fingerprint density at radius 1 is 1.21 bits per heavy atom. The molecule has 128 valence electrons. The molecule has 0 fully saturated rings. The zero-order valence-electron chi connectivity index (χ0n) is 14.6. The van der Waals surface area contributed by atoms with Crippen LogP contribution in [0.5, 0.6) is 0 Å². The maximum atomic E-state index is 12.6. The van der Waals surface area contributed by atoms with E-state index in [1.54, 1.807) is 23.0 Å². The Labute approximate surface area is 142 Å². The van der Waals surface area contributed by atoms with E-state index in [-0.39, 0.29) is 23.9 Å². The third-order valence-corrected chi connectivity index (χ3v) is 3.40. The molecular weight excluding hydrogens is 304 g/mol. The molecule has 2 rings (SSSR count). The molecule has 0 radical (unpaired) electrons. The summed E-state index contributed by atoms with van der Waals surface area (Å²) in [7, 11) is 0. The summed E-state index contributed by atoms with van der Waals surface area (Å²) in [5.74, 6) is -0.320. The van der Waals surface area contributed by atoms with Crippen LogP contribution in [-0.4, -0.2) is 45.1 Å². The number of amides is 2. The molecule has 1 N–H and O–H groups in total. The Morgan fingerprint density at radius 2 is 1.88 bits per heavy atom. The van der Waals surface area contributed by atoms with Crippen molar-refractivity contribution >= 4 is 11.8 Å². The van der Waals surface area contributed by atoms with Gasteiger partial charge in [-0.1, -0.05) is 0 Å². The summed E-state index contributed by atoms with van der Waals surface area (Å²) in [4.78, 5) is 26.2. The van der Waals surface area contributed by atoms with Gasteiger partial charge in [0, 0.05) is 30.0 Å². The molecule has 1 heterocycles. The second-order valence-electron chi connectivity index (χ2n) is 6.62. The number of rotatable bonds is 5. The lowest BCUT2D eigenvalue weighted by molar-refractivity contribution is -0.123. The number of aromatic nitrogens is 2. The molecule has 0 spiro atoms. The van der Waals surface area contributed by atoms with Gasteiger partial charge in [-0.3, -0.25) is 9.59 Å². The van der Waals surface area contributed by atoms with Gasteiger partial charge >= 0.3 is 0 Å². The van der Waals surface area contributed by atoms with E-state index in [1.165, 1.54) is 4.90 Å². The summed E-state index contributed by atoms with van der Waals surface area (Å²) in [6, 6.07) is 9.02. The van der Waals surface area contributed by atoms with E-state index in [0.717, 1.165) is 5.69 Å². The molecule has 2 amide bonds. The predicted octanol–water partition coefficient (Wildman–Crippen LogP) is 2.25. The van der Waals surface area contributed by atoms with E-state index in [2.05, 4.69) is 10.4 Å². The van der Waals surface area contributed by atoms with E-state index >= 15 is 0 Å². The second kappa shape index (κ2) is 7.29. The first-order valence-electron chi connectivity index (χ1n) is 8.00. The van der Waals surface area contributed by atoms with E-state index in [0.29, 0.717) is 12.1 Å². The Bertz CT molecular complexity index is 685. The fourth-order valence-electron chi connectivity index (χ4n) is 2.32. The molecule has 0 aliphatic carbocycles. The van der Waals surface area contributed by atoms with Crippen molar-refractivity contribution in [3.63, 3.8) is 0 Å². The SMILES string of the molecule is CCN(CC(=O)NC(C)(C)C)C(=O)c1ccc(-n2cccn2)cc1. The van der Waals surface area contributed by atoms with Crippen LogP contribution in [0.15, 0.2) is 42.7 Å². The van der Waals surface area contributed by atoms with Crippen LogP contribution in [0.4, 0.5) is 0 Å². The molecule has 6 heteroatoms. The second-order valence-corrected chi connectivity index (χ2v) is 6.62. The zero-order valence-corrected chi connectivity index (χ0v) is 14.6. The van der Waals surface area contributed by atoms with Gasteiger partial charge in [0.2, 0.25) is 5.91 Å². The highest BCUT2D eigenvalue weighted by molar-refractivity contribution is 5.96. The number of hydrogen-bond donors (Lipinski definition) is 1. The van der Waals surface area contributed by atoms with Crippen LogP contribution in [0.2, 0.25) is 0 Å². The largest absolute Gasteiger partial charge is 0.350 e. The van der Waals surface area contributed by atoms with E-state index in [9.17, 15) is 9.59 Å². The Balaban J connectivity index is 2.06. The van der Waals surface area contributed by atoms with E-state index in [1.807, 2.05) is 52.1 Å². The van der Waals surface area contributed by atoms with Crippen molar-refractivity contribution < 1.29 is 9.59 Å². The maximum absolute atomic E-state index is 12.6. The minimum absolute atomic E-state index is 0.0491. The summed E-state index contributed by atoms with van der Waals surface area (Å²) in [6.45, 7) is 8.12. The smallest absolute Gasteiger partial charge is 0.254 e. The lowest BCUT2D eigenvalue weighted by Gasteiger charge is -2.25. The minimum Gasteiger partial charge on any atom is -0.350 e. The van der Waals surface area contributed by atoms with Crippen molar-refractivity contribution in [2.45, 2.75) is 33.2 Å². The van der Waals surface area contributed by atoms with Gasteiger partial charge in [0.05, 0.1) is 12.2 Å². The molecule has 0 unspecified atom stereocenters. The van der Waals surface area contributed by atoms with E-state index in [4.69, 9.17) is 0 Å². The molecule has 0 atom stereocenters. The van der Waals surface area contributed by atoms with Crippen molar-refractivity contribution in [2.24, 2.45) is 0 Å². The number of carbonyl (C=O) groups is 2. The van der Waals surface area contributed by atoms with Gasteiger partial charge in [-0.2, -0.15) is 5.10 Å². The molecule has 0 aliphatic rings. The zero-order chi connectivity index (χ0) is 17.7. The van der Waals surface area contributed by atoms with Gasteiger partial charge in [0.25, 0.3) is 5.91 Å². The molecule has 24 heavy (non-hydrogen) atoms. The van der Waals surface area contributed by atoms with Crippen molar-refractivity contribution in [1.29, 1.82) is 0 Å². The number of nitrogens with one attached hydrogen (secondary N) is 1. The highest BCUT2D eigenvalue weighted by Gasteiger charge is 2.20. The van der Waals surface area contributed by atoms with Crippen molar-refractivity contribution in [3.05, 3.63) is 48.3 Å². The van der Waals surface area contributed by atoms with Crippen molar-refractivity contribution in [2.75, 3.05) is 13.1 Å². The number of likely N-dealkylation sites (N-methyl/N-ethyl adjacent to an activating group) is 1. The van der Waals surface area contributed by atoms with Gasteiger partial charge in [0.1, 0.15) is 0 Å².